The first-order valence-corrected chi connectivity index (χ1v) is 7.82. The van der Waals surface area contributed by atoms with Crippen molar-refractivity contribution in [3.05, 3.63) is 60.2 Å². The maximum absolute atomic E-state index is 5.77. The molecule has 1 atom stereocenters. The first-order chi connectivity index (χ1) is 10.3. The number of hydrogen-bond donors (Lipinski definition) is 1. The first-order valence-electron chi connectivity index (χ1n) is 7.82. The molecule has 1 unspecified atom stereocenters. The molecule has 21 heavy (non-hydrogen) atoms. The van der Waals surface area contributed by atoms with Gasteiger partial charge in [0.15, 0.2) is 0 Å². The van der Waals surface area contributed by atoms with Crippen LogP contribution in [0.5, 0.6) is 5.75 Å². The Morgan fingerprint density at radius 3 is 2.48 bits per heavy atom. The summed E-state index contributed by atoms with van der Waals surface area (Å²) in [5.74, 6) is 1.51. The number of ether oxygens (including phenoxy) is 1. The van der Waals surface area contributed by atoms with Crippen molar-refractivity contribution >= 4 is 5.69 Å². The van der Waals surface area contributed by atoms with Crippen LogP contribution in [0.4, 0.5) is 5.69 Å². The Hall–Kier alpha value is -1.96. The van der Waals surface area contributed by atoms with Crippen LogP contribution in [0.2, 0.25) is 0 Å². The van der Waals surface area contributed by atoms with Gasteiger partial charge in [-0.3, -0.25) is 0 Å². The Labute approximate surface area is 128 Å². The summed E-state index contributed by atoms with van der Waals surface area (Å²) in [6, 6.07) is 18.8. The van der Waals surface area contributed by atoms with Crippen LogP contribution in [0.3, 0.4) is 0 Å². The molecule has 0 radical (unpaired) electrons. The second-order valence-corrected chi connectivity index (χ2v) is 5.37. The van der Waals surface area contributed by atoms with Crippen molar-refractivity contribution in [2.45, 2.75) is 32.6 Å². The normalized spacial score (nSPS) is 11.9. The minimum absolute atomic E-state index is 0.558. The van der Waals surface area contributed by atoms with Crippen molar-refractivity contribution in [1.29, 1.82) is 0 Å². The third kappa shape index (κ3) is 4.82. The van der Waals surface area contributed by atoms with Gasteiger partial charge < -0.3 is 10.1 Å². The number of para-hydroxylation sites is 2. The van der Waals surface area contributed by atoms with E-state index < -0.39 is 0 Å². The number of anilines is 1. The SMILES string of the molecule is CCCOc1ccccc1NCCC(C)c1ccccc1. The van der Waals surface area contributed by atoms with Crippen molar-refractivity contribution in [1.82, 2.24) is 0 Å². The lowest BCUT2D eigenvalue weighted by Crippen LogP contribution is -2.07. The summed E-state index contributed by atoms with van der Waals surface area (Å²) in [5, 5.41) is 3.50. The second kappa shape index (κ2) is 8.35. The van der Waals surface area contributed by atoms with E-state index >= 15 is 0 Å². The molecule has 2 aromatic carbocycles. The molecule has 0 fully saturated rings. The number of nitrogens with one attached hydrogen (secondary N) is 1. The fraction of sp³-hybridized carbons (Fsp3) is 0.368. The summed E-state index contributed by atoms with van der Waals surface area (Å²) >= 11 is 0. The van der Waals surface area contributed by atoms with E-state index in [1.807, 2.05) is 18.2 Å². The number of rotatable bonds is 8. The van der Waals surface area contributed by atoms with Crippen LogP contribution in [-0.2, 0) is 0 Å². The van der Waals surface area contributed by atoms with E-state index in [4.69, 9.17) is 4.74 Å². The van der Waals surface area contributed by atoms with Crippen molar-refractivity contribution in [2.24, 2.45) is 0 Å². The van der Waals surface area contributed by atoms with Gasteiger partial charge in [0.1, 0.15) is 5.75 Å². The molecule has 112 valence electrons. The third-order valence-electron chi connectivity index (χ3n) is 3.61. The summed E-state index contributed by atoms with van der Waals surface area (Å²) in [7, 11) is 0. The highest BCUT2D eigenvalue weighted by Crippen LogP contribution is 2.25. The summed E-state index contributed by atoms with van der Waals surface area (Å²) in [5.41, 5.74) is 2.49. The highest BCUT2D eigenvalue weighted by molar-refractivity contribution is 5.56. The minimum atomic E-state index is 0.558. The fourth-order valence-electron chi connectivity index (χ4n) is 2.32. The largest absolute Gasteiger partial charge is 0.491 e. The molecule has 2 heteroatoms. The van der Waals surface area contributed by atoms with Gasteiger partial charge in [0.25, 0.3) is 0 Å². The molecule has 1 N–H and O–H groups in total. The molecule has 0 bridgehead atoms. The molecule has 0 saturated heterocycles. The molecule has 2 rings (SSSR count). The lowest BCUT2D eigenvalue weighted by molar-refractivity contribution is 0.319. The van der Waals surface area contributed by atoms with Crippen LogP contribution in [0.1, 0.15) is 38.2 Å². The monoisotopic (exact) mass is 283 g/mol. The molecule has 0 aliphatic carbocycles. The predicted molar refractivity (Wildman–Crippen MR) is 90.2 cm³/mol. The average Bonchev–Trinajstić information content (AvgIpc) is 2.54. The van der Waals surface area contributed by atoms with E-state index in [0.717, 1.165) is 37.4 Å². The van der Waals surface area contributed by atoms with Gasteiger partial charge in [0.05, 0.1) is 12.3 Å². The van der Waals surface area contributed by atoms with Crippen molar-refractivity contribution in [2.75, 3.05) is 18.5 Å². The van der Waals surface area contributed by atoms with Gasteiger partial charge in [-0.1, -0.05) is 56.3 Å². The van der Waals surface area contributed by atoms with E-state index in [0.29, 0.717) is 5.92 Å². The zero-order valence-corrected chi connectivity index (χ0v) is 13.0. The Balaban J connectivity index is 1.86. The molecule has 0 aromatic heterocycles. The summed E-state index contributed by atoms with van der Waals surface area (Å²) in [4.78, 5) is 0. The van der Waals surface area contributed by atoms with E-state index in [1.54, 1.807) is 0 Å². The van der Waals surface area contributed by atoms with Crippen LogP contribution < -0.4 is 10.1 Å². The molecule has 2 aromatic rings. The Kier molecular flexibility index (Phi) is 6.14. The topological polar surface area (TPSA) is 21.3 Å². The lowest BCUT2D eigenvalue weighted by Gasteiger charge is -2.15. The highest BCUT2D eigenvalue weighted by Gasteiger charge is 2.06. The smallest absolute Gasteiger partial charge is 0.142 e. The Morgan fingerprint density at radius 2 is 1.71 bits per heavy atom. The molecule has 0 aliphatic heterocycles. The zero-order valence-electron chi connectivity index (χ0n) is 13.0. The minimum Gasteiger partial charge on any atom is -0.491 e. The quantitative estimate of drug-likeness (QED) is 0.729. The van der Waals surface area contributed by atoms with Gasteiger partial charge in [-0.2, -0.15) is 0 Å². The predicted octanol–water partition coefficient (Wildman–Crippen LogP) is 5.08. The molecule has 0 heterocycles. The molecular weight excluding hydrogens is 258 g/mol. The van der Waals surface area contributed by atoms with Gasteiger partial charge in [-0.15, -0.1) is 0 Å². The molecule has 0 spiro atoms. The van der Waals surface area contributed by atoms with E-state index in [1.165, 1.54) is 5.56 Å². The van der Waals surface area contributed by atoms with Gasteiger partial charge in [0, 0.05) is 6.54 Å². The Morgan fingerprint density at radius 1 is 1.00 bits per heavy atom. The van der Waals surface area contributed by atoms with Gasteiger partial charge in [-0.25, -0.2) is 0 Å². The molecular formula is C19H25NO. The second-order valence-electron chi connectivity index (χ2n) is 5.37. The van der Waals surface area contributed by atoms with Crippen LogP contribution in [0.25, 0.3) is 0 Å². The van der Waals surface area contributed by atoms with Crippen molar-refractivity contribution in [3.63, 3.8) is 0 Å². The maximum atomic E-state index is 5.77. The number of benzene rings is 2. The first kappa shape index (κ1) is 15.4. The van der Waals surface area contributed by atoms with Crippen LogP contribution in [0, 0.1) is 0 Å². The maximum Gasteiger partial charge on any atom is 0.142 e. The van der Waals surface area contributed by atoms with Gasteiger partial charge in [-0.05, 0) is 36.5 Å². The van der Waals surface area contributed by atoms with Crippen LogP contribution >= 0.6 is 0 Å². The Bertz CT molecular complexity index is 524. The molecule has 0 aliphatic rings. The summed E-state index contributed by atoms with van der Waals surface area (Å²) in [6.07, 6.45) is 2.13. The van der Waals surface area contributed by atoms with Gasteiger partial charge >= 0.3 is 0 Å². The van der Waals surface area contributed by atoms with Gasteiger partial charge in [0.2, 0.25) is 0 Å². The number of hydrogen-bond acceptors (Lipinski definition) is 2. The summed E-state index contributed by atoms with van der Waals surface area (Å²) < 4.78 is 5.77. The summed E-state index contributed by atoms with van der Waals surface area (Å²) in [6.45, 7) is 6.11. The lowest BCUT2D eigenvalue weighted by atomic mass is 9.98. The van der Waals surface area contributed by atoms with E-state index in [9.17, 15) is 0 Å². The van der Waals surface area contributed by atoms with E-state index in [-0.39, 0.29) is 0 Å². The average molecular weight is 283 g/mol. The molecule has 2 nitrogen and oxygen atoms in total. The molecule has 0 saturated carbocycles. The fourth-order valence-corrected chi connectivity index (χ4v) is 2.32. The molecule has 0 amide bonds. The highest BCUT2D eigenvalue weighted by atomic mass is 16.5. The van der Waals surface area contributed by atoms with Crippen LogP contribution in [0.15, 0.2) is 54.6 Å². The standard InChI is InChI=1S/C19H25NO/c1-3-15-21-19-12-8-7-11-18(19)20-14-13-16(2)17-9-5-4-6-10-17/h4-12,16,20H,3,13-15H2,1-2H3. The zero-order chi connectivity index (χ0) is 14.9. The van der Waals surface area contributed by atoms with Crippen LogP contribution in [-0.4, -0.2) is 13.2 Å². The third-order valence-corrected chi connectivity index (χ3v) is 3.61. The van der Waals surface area contributed by atoms with Crippen molar-refractivity contribution < 1.29 is 4.74 Å². The van der Waals surface area contributed by atoms with Crippen molar-refractivity contribution in [3.8, 4) is 5.75 Å². The van der Waals surface area contributed by atoms with E-state index in [2.05, 4.69) is 55.6 Å².